The highest BCUT2D eigenvalue weighted by atomic mass is 32.1. The van der Waals surface area contributed by atoms with E-state index in [-0.39, 0.29) is 12.5 Å². The maximum Gasteiger partial charge on any atom is 0.264 e. The average Bonchev–Trinajstić information content (AvgIpc) is 3.30. The van der Waals surface area contributed by atoms with Crippen molar-refractivity contribution in [3.63, 3.8) is 0 Å². The summed E-state index contributed by atoms with van der Waals surface area (Å²) >= 11 is 3.25. The number of piperazine rings is 1. The molecule has 0 bridgehead atoms. The van der Waals surface area contributed by atoms with Gasteiger partial charge in [-0.3, -0.25) is 9.69 Å². The predicted octanol–water partition coefficient (Wildman–Crippen LogP) is 1.76. The van der Waals surface area contributed by atoms with Gasteiger partial charge in [-0.15, -0.1) is 22.7 Å². The van der Waals surface area contributed by atoms with Crippen LogP contribution in [0.1, 0.15) is 21.4 Å². The summed E-state index contributed by atoms with van der Waals surface area (Å²) in [5.74, 6) is 1.23. The van der Waals surface area contributed by atoms with Crippen molar-refractivity contribution in [2.75, 3.05) is 26.2 Å². The van der Waals surface area contributed by atoms with Crippen LogP contribution >= 0.6 is 22.7 Å². The number of carbonyl (C=O) groups is 1. The number of nitrogens with zero attached hydrogens (tertiary/aromatic N) is 4. The van der Waals surface area contributed by atoms with Crippen molar-refractivity contribution < 1.29 is 9.32 Å². The number of nitrogens with two attached hydrogens (primary N) is 1. The van der Waals surface area contributed by atoms with Gasteiger partial charge in [0, 0.05) is 35.6 Å². The molecule has 0 atom stereocenters. The second-order valence-electron chi connectivity index (χ2n) is 5.64. The molecule has 24 heavy (non-hydrogen) atoms. The number of carbonyl (C=O) groups excluding carboxylic acids is 1. The summed E-state index contributed by atoms with van der Waals surface area (Å²) in [6, 6.07) is 4.08. The molecule has 0 spiro atoms. The Kier molecular flexibility index (Phi) is 4.31. The zero-order valence-electron chi connectivity index (χ0n) is 13.0. The average molecular weight is 363 g/mol. The number of thiophene rings is 2. The highest BCUT2D eigenvalue weighted by Gasteiger charge is 2.24. The van der Waals surface area contributed by atoms with Crippen LogP contribution in [-0.2, 0) is 13.1 Å². The lowest BCUT2D eigenvalue weighted by Gasteiger charge is -2.33. The van der Waals surface area contributed by atoms with Gasteiger partial charge in [0.05, 0.1) is 18.0 Å². The molecule has 0 aliphatic carbocycles. The smallest absolute Gasteiger partial charge is 0.264 e. The Labute approximate surface area is 146 Å². The molecule has 3 aromatic heterocycles. The largest absolute Gasteiger partial charge is 0.338 e. The molecule has 1 aliphatic heterocycles. The molecule has 1 fully saturated rings. The van der Waals surface area contributed by atoms with E-state index >= 15 is 0 Å². The highest BCUT2D eigenvalue weighted by Crippen LogP contribution is 2.30. The highest BCUT2D eigenvalue weighted by molar-refractivity contribution is 7.27. The number of amides is 1. The lowest BCUT2D eigenvalue weighted by Crippen LogP contribution is -2.48. The molecule has 3 aromatic rings. The summed E-state index contributed by atoms with van der Waals surface area (Å²) in [4.78, 5) is 21.8. The molecule has 9 heteroatoms. The molecule has 4 heterocycles. The monoisotopic (exact) mass is 363 g/mol. The predicted molar refractivity (Wildman–Crippen MR) is 93.1 cm³/mol. The number of hydrogen-bond donors (Lipinski definition) is 1. The first kappa shape index (κ1) is 15.7. The van der Waals surface area contributed by atoms with E-state index in [1.165, 1.54) is 9.40 Å². The first-order valence-electron chi connectivity index (χ1n) is 7.73. The minimum Gasteiger partial charge on any atom is -0.338 e. The summed E-state index contributed by atoms with van der Waals surface area (Å²) in [5, 5.41) is 5.97. The van der Waals surface area contributed by atoms with Crippen molar-refractivity contribution in [3.05, 3.63) is 34.1 Å². The molecule has 1 saturated heterocycles. The summed E-state index contributed by atoms with van der Waals surface area (Å²) in [5.41, 5.74) is 5.47. The van der Waals surface area contributed by atoms with Crippen LogP contribution in [0.5, 0.6) is 0 Å². The summed E-state index contributed by atoms with van der Waals surface area (Å²) in [7, 11) is 0. The maximum absolute atomic E-state index is 12.6. The van der Waals surface area contributed by atoms with Gasteiger partial charge in [-0.05, 0) is 17.5 Å². The molecule has 0 aromatic carbocycles. The molecule has 4 rings (SSSR count). The van der Waals surface area contributed by atoms with Crippen molar-refractivity contribution in [2.24, 2.45) is 5.73 Å². The van der Waals surface area contributed by atoms with E-state index in [2.05, 4.69) is 26.5 Å². The quantitative estimate of drug-likeness (QED) is 0.760. The number of hydrogen-bond acceptors (Lipinski definition) is 8. The fraction of sp³-hybridized carbons (Fsp3) is 0.400. The Morgan fingerprint density at radius 3 is 2.83 bits per heavy atom. The Hall–Kier alpha value is -1.81. The minimum absolute atomic E-state index is 0.132. The van der Waals surface area contributed by atoms with Crippen LogP contribution in [-0.4, -0.2) is 52.0 Å². The van der Waals surface area contributed by atoms with Crippen LogP contribution < -0.4 is 5.73 Å². The zero-order valence-corrected chi connectivity index (χ0v) is 14.6. The second-order valence-corrected chi connectivity index (χ2v) is 7.67. The molecule has 2 N–H and O–H groups in total. The Bertz CT molecular complexity index is 818. The Balaban J connectivity index is 1.35. The lowest BCUT2D eigenvalue weighted by atomic mass is 10.3. The van der Waals surface area contributed by atoms with E-state index < -0.39 is 0 Å². The van der Waals surface area contributed by atoms with Crippen LogP contribution in [0.4, 0.5) is 0 Å². The van der Waals surface area contributed by atoms with Crippen LogP contribution in [0.15, 0.2) is 22.0 Å². The van der Waals surface area contributed by atoms with Gasteiger partial charge in [0.15, 0.2) is 5.82 Å². The third-order valence-electron chi connectivity index (χ3n) is 4.06. The van der Waals surface area contributed by atoms with Crippen molar-refractivity contribution >= 4 is 38.0 Å². The van der Waals surface area contributed by atoms with Crippen LogP contribution in [0.3, 0.4) is 0 Å². The van der Waals surface area contributed by atoms with E-state index in [0.29, 0.717) is 31.3 Å². The van der Waals surface area contributed by atoms with Gasteiger partial charge in [0.2, 0.25) is 5.89 Å². The van der Waals surface area contributed by atoms with E-state index in [0.717, 1.165) is 18.0 Å². The van der Waals surface area contributed by atoms with E-state index in [4.69, 9.17) is 10.3 Å². The number of fused-ring (bicyclic) bond motifs is 1. The van der Waals surface area contributed by atoms with E-state index in [1.54, 1.807) is 22.7 Å². The van der Waals surface area contributed by atoms with Gasteiger partial charge in [0.25, 0.3) is 5.91 Å². The molecule has 1 aliphatic rings. The maximum atomic E-state index is 12.6. The van der Waals surface area contributed by atoms with Crippen LogP contribution in [0.25, 0.3) is 9.40 Å². The molecule has 0 radical (unpaired) electrons. The molecular formula is C15H17N5O2S2. The van der Waals surface area contributed by atoms with Gasteiger partial charge >= 0.3 is 0 Å². The summed E-state index contributed by atoms with van der Waals surface area (Å²) in [6.45, 7) is 3.92. The fourth-order valence-electron chi connectivity index (χ4n) is 2.77. The van der Waals surface area contributed by atoms with Gasteiger partial charge in [-0.2, -0.15) is 4.98 Å². The molecular weight excluding hydrogens is 346 g/mol. The zero-order chi connectivity index (χ0) is 16.5. The molecule has 7 nitrogen and oxygen atoms in total. The Morgan fingerprint density at radius 2 is 2.12 bits per heavy atom. The van der Waals surface area contributed by atoms with E-state index in [1.807, 2.05) is 11.0 Å². The van der Waals surface area contributed by atoms with Gasteiger partial charge in [-0.1, -0.05) is 5.16 Å². The van der Waals surface area contributed by atoms with Crippen molar-refractivity contribution in [3.8, 4) is 0 Å². The van der Waals surface area contributed by atoms with Gasteiger partial charge < -0.3 is 15.2 Å². The SMILES string of the molecule is NCc1nc(CN2CCN(C(=O)c3cc4sccc4s3)CC2)no1. The minimum atomic E-state index is 0.132. The normalized spacial score (nSPS) is 16.1. The summed E-state index contributed by atoms with van der Waals surface area (Å²) < 4.78 is 7.40. The number of aromatic nitrogens is 2. The van der Waals surface area contributed by atoms with Gasteiger partial charge in [0.1, 0.15) is 0 Å². The van der Waals surface area contributed by atoms with Crippen molar-refractivity contribution in [2.45, 2.75) is 13.1 Å². The third kappa shape index (κ3) is 3.07. The molecule has 0 saturated carbocycles. The topological polar surface area (TPSA) is 88.5 Å². The lowest BCUT2D eigenvalue weighted by molar-refractivity contribution is 0.0629. The molecule has 126 valence electrons. The van der Waals surface area contributed by atoms with Crippen LogP contribution in [0, 0.1) is 0 Å². The van der Waals surface area contributed by atoms with Crippen LogP contribution in [0.2, 0.25) is 0 Å². The first-order valence-corrected chi connectivity index (χ1v) is 9.43. The van der Waals surface area contributed by atoms with E-state index in [9.17, 15) is 4.79 Å². The number of rotatable bonds is 4. The molecule has 1 amide bonds. The van der Waals surface area contributed by atoms with Crippen molar-refractivity contribution in [1.29, 1.82) is 0 Å². The van der Waals surface area contributed by atoms with Gasteiger partial charge in [-0.25, -0.2) is 0 Å². The second kappa shape index (κ2) is 6.60. The van der Waals surface area contributed by atoms with Crippen molar-refractivity contribution in [1.82, 2.24) is 19.9 Å². The third-order valence-corrected chi connectivity index (χ3v) is 6.14. The standard InChI is InChI=1S/C15H17N5O2S2/c16-8-14-17-13(18-22-14)9-19-2-4-20(5-3-19)15(21)12-7-11-10(24-12)1-6-23-11/h1,6-7H,2-5,8-9,16H2. The molecule has 0 unspecified atom stereocenters. The first-order chi connectivity index (χ1) is 11.7. The fourth-order valence-corrected chi connectivity index (χ4v) is 4.85. The Morgan fingerprint density at radius 1 is 1.29 bits per heavy atom. The summed E-state index contributed by atoms with van der Waals surface area (Å²) in [6.07, 6.45) is 0.